The number of hydrogen-bond donors (Lipinski definition) is 2. The van der Waals surface area contributed by atoms with Crippen LogP contribution in [0.3, 0.4) is 0 Å². The summed E-state index contributed by atoms with van der Waals surface area (Å²) in [6, 6.07) is 1.35. The molecule has 0 saturated heterocycles. The van der Waals surface area contributed by atoms with E-state index in [2.05, 4.69) is 19.9 Å². The summed E-state index contributed by atoms with van der Waals surface area (Å²) < 4.78 is 3.77. The second-order valence-electron chi connectivity index (χ2n) is 4.02. The summed E-state index contributed by atoms with van der Waals surface area (Å²) in [6.07, 6.45) is 4.14. The van der Waals surface area contributed by atoms with Gasteiger partial charge in [0.2, 0.25) is 0 Å². The second kappa shape index (κ2) is 6.20. The van der Waals surface area contributed by atoms with Crippen molar-refractivity contribution in [2.45, 2.75) is 19.8 Å². The first kappa shape index (κ1) is 14.1. The van der Waals surface area contributed by atoms with Gasteiger partial charge in [-0.3, -0.25) is 9.78 Å². The van der Waals surface area contributed by atoms with E-state index in [1.54, 1.807) is 0 Å². The molecule has 20 heavy (non-hydrogen) atoms. The van der Waals surface area contributed by atoms with Crippen molar-refractivity contribution in [3.8, 4) is 0 Å². The van der Waals surface area contributed by atoms with Gasteiger partial charge in [-0.1, -0.05) is 17.8 Å². The van der Waals surface area contributed by atoms with Crippen LogP contribution in [0.4, 0.5) is 5.69 Å². The lowest BCUT2D eigenvalue weighted by Gasteiger charge is -2.04. The molecule has 2 aromatic heterocycles. The first-order chi connectivity index (χ1) is 9.61. The fraction of sp³-hybridized carbons (Fsp3) is 0.250. The third-order valence-corrected chi connectivity index (χ3v) is 3.26. The Bertz CT molecular complexity index is 641. The number of anilines is 1. The number of carbonyl (C=O) groups excluding carboxylic acids is 1. The summed E-state index contributed by atoms with van der Waals surface area (Å²) in [7, 11) is 0. The van der Waals surface area contributed by atoms with Gasteiger partial charge in [-0.15, -0.1) is 5.10 Å². The number of hydrogen-bond acceptors (Lipinski definition) is 6. The van der Waals surface area contributed by atoms with Gasteiger partial charge >= 0.3 is 5.97 Å². The highest BCUT2D eigenvalue weighted by molar-refractivity contribution is 7.08. The predicted octanol–water partition coefficient (Wildman–Crippen LogP) is 1.84. The zero-order valence-electron chi connectivity index (χ0n) is 10.7. The molecule has 8 heteroatoms. The molecule has 0 aliphatic rings. The van der Waals surface area contributed by atoms with E-state index in [1.807, 2.05) is 6.92 Å². The molecule has 0 bridgehead atoms. The number of carboxylic acid groups (broad SMARTS) is 1. The van der Waals surface area contributed by atoms with Gasteiger partial charge < -0.3 is 10.4 Å². The van der Waals surface area contributed by atoms with Crippen LogP contribution in [0.25, 0.3) is 0 Å². The molecular formula is C12H12N4O3S. The van der Waals surface area contributed by atoms with E-state index in [4.69, 9.17) is 5.11 Å². The van der Waals surface area contributed by atoms with Crippen LogP contribution in [0.5, 0.6) is 0 Å². The Balaban J connectivity index is 2.17. The Kier molecular flexibility index (Phi) is 4.36. The Labute approximate surface area is 118 Å². The van der Waals surface area contributed by atoms with Crippen molar-refractivity contribution in [1.29, 1.82) is 0 Å². The molecule has 0 spiro atoms. The number of carboxylic acids is 1. The van der Waals surface area contributed by atoms with Crippen LogP contribution in [0.15, 0.2) is 18.5 Å². The minimum Gasteiger partial charge on any atom is -0.478 e. The van der Waals surface area contributed by atoms with Gasteiger partial charge in [-0.25, -0.2) is 4.79 Å². The van der Waals surface area contributed by atoms with Crippen LogP contribution in [0.2, 0.25) is 0 Å². The number of pyridine rings is 1. The summed E-state index contributed by atoms with van der Waals surface area (Å²) in [6.45, 7) is 1.99. The van der Waals surface area contributed by atoms with Crippen molar-refractivity contribution in [3.05, 3.63) is 34.6 Å². The largest absolute Gasteiger partial charge is 0.478 e. The van der Waals surface area contributed by atoms with Crippen LogP contribution < -0.4 is 5.32 Å². The lowest BCUT2D eigenvalue weighted by Crippen LogP contribution is -2.13. The van der Waals surface area contributed by atoms with Crippen molar-refractivity contribution < 1.29 is 14.7 Å². The summed E-state index contributed by atoms with van der Waals surface area (Å²) in [4.78, 5) is 27.1. The molecule has 104 valence electrons. The van der Waals surface area contributed by atoms with E-state index in [0.717, 1.165) is 18.0 Å². The van der Waals surface area contributed by atoms with Gasteiger partial charge in [-0.2, -0.15) is 0 Å². The molecule has 0 saturated carbocycles. The molecule has 0 radical (unpaired) electrons. The van der Waals surface area contributed by atoms with E-state index in [-0.39, 0.29) is 11.5 Å². The maximum Gasteiger partial charge on any atom is 0.337 e. The third kappa shape index (κ3) is 3.15. The molecule has 0 atom stereocenters. The first-order valence-electron chi connectivity index (χ1n) is 5.92. The molecule has 0 aromatic carbocycles. The van der Waals surface area contributed by atoms with Crippen LogP contribution in [-0.4, -0.2) is 31.6 Å². The van der Waals surface area contributed by atoms with E-state index >= 15 is 0 Å². The zero-order chi connectivity index (χ0) is 14.5. The highest BCUT2D eigenvalue weighted by Gasteiger charge is 2.16. The number of amides is 1. The maximum atomic E-state index is 12.1. The SMILES string of the molecule is CCCc1nnsc1C(=O)Nc1cncc(C(=O)O)c1. The summed E-state index contributed by atoms with van der Waals surface area (Å²) in [5.74, 6) is -1.45. The zero-order valence-corrected chi connectivity index (χ0v) is 11.5. The Hall–Kier alpha value is -2.35. The lowest BCUT2D eigenvalue weighted by atomic mass is 10.2. The van der Waals surface area contributed by atoms with Crippen molar-refractivity contribution in [2.75, 3.05) is 5.32 Å². The van der Waals surface area contributed by atoms with Crippen LogP contribution in [0, 0.1) is 0 Å². The lowest BCUT2D eigenvalue weighted by molar-refractivity contribution is 0.0696. The molecule has 2 rings (SSSR count). The quantitative estimate of drug-likeness (QED) is 0.871. The molecule has 1 amide bonds. The van der Waals surface area contributed by atoms with E-state index in [0.29, 0.717) is 22.7 Å². The molecular weight excluding hydrogens is 280 g/mol. The minimum atomic E-state index is -1.10. The molecule has 2 heterocycles. The fourth-order valence-electron chi connectivity index (χ4n) is 1.59. The minimum absolute atomic E-state index is 0.0130. The summed E-state index contributed by atoms with van der Waals surface area (Å²) in [5, 5.41) is 15.4. The molecule has 0 aliphatic carbocycles. The number of aromatic nitrogens is 3. The smallest absolute Gasteiger partial charge is 0.337 e. The molecule has 0 fully saturated rings. The number of nitrogens with zero attached hydrogens (tertiary/aromatic N) is 3. The van der Waals surface area contributed by atoms with E-state index in [9.17, 15) is 9.59 Å². The van der Waals surface area contributed by atoms with Crippen molar-refractivity contribution in [2.24, 2.45) is 0 Å². The maximum absolute atomic E-state index is 12.1. The van der Waals surface area contributed by atoms with Crippen molar-refractivity contribution in [3.63, 3.8) is 0 Å². The number of aromatic carboxylic acids is 1. The standard InChI is InChI=1S/C12H12N4O3S/c1-2-3-9-10(20-16-15-9)11(17)14-8-4-7(12(18)19)5-13-6-8/h4-6H,2-3H2,1H3,(H,14,17)(H,18,19). The first-order valence-corrected chi connectivity index (χ1v) is 6.70. The number of carbonyl (C=O) groups is 2. The Morgan fingerprint density at radius 3 is 2.90 bits per heavy atom. The topological polar surface area (TPSA) is 105 Å². The molecule has 2 aromatic rings. The average Bonchev–Trinajstić information content (AvgIpc) is 2.88. The Morgan fingerprint density at radius 1 is 1.40 bits per heavy atom. The number of aryl methyl sites for hydroxylation is 1. The van der Waals surface area contributed by atoms with Gasteiger partial charge in [0.05, 0.1) is 23.1 Å². The Morgan fingerprint density at radius 2 is 2.20 bits per heavy atom. The fourth-order valence-corrected chi connectivity index (χ4v) is 2.20. The normalized spacial score (nSPS) is 10.2. The van der Waals surface area contributed by atoms with Crippen LogP contribution in [0.1, 0.15) is 39.1 Å². The molecule has 0 unspecified atom stereocenters. The molecule has 7 nitrogen and oxygen atoms in total. The van der Waals surface area contributed by atoms with Gasteiger partial charge in [0.25, 0.3) is 5.91 Å². The monoisotopic (exact) mass is 292 g/mol. The second-order valence-corrected chi connectivity index (χ2v) is 4.77. The highest BCUT2D eigenvalue weighted by Crippen LogP contribution is 2.16. The van der Waals surface area contributed by atoms with Crippen LogP contribution in [-0.2, 0) is 6.42 Å². The average molecular weight is 292 g/mol. The van der Waals surface area contributed by atoms with Gasteiger partial charge in [-0.05, 0) is 24.0 Å². The molecule has 2 N–H and O–H groups in total. The van der Waals surface area contributed by atoms with Gasteiger partial charge in [0.1, 0.15) is 4.88 Å². The predicted molar refractivity (Wildman–Crippen MR) is 73.1 cm³/mol. The van der Waals surface area contributed by atoms with E-state index in [1.165, 1.54) is 18.5 Å². The number of rotatable bonds is 5. The van der Waals surface area contributed by atoms with Gasteiger partial charge in [0.15, 0.2) is 0 Å². The van der Waals surface area contributed by atoms with Crippen LogP contribution >= 0.6 is 11.5 Å². The number of nitrogens with one attached hydrogen (secondary N) is 1. The summed E-state index contributed by atoms with van der Waals surface area (Å²) in [5.41, 5.74) is 0.988. The highest BCUT2D eigenvalue weighted by atomic mass is 32.1. The third-order valence-electron chi connectivity index (χ3n) is 2.49. The molecule has 0 aliphatic heterocycles. The van der Waals surface area contributed by atoms with Crippen molar-refractivity contribution in [1.82, 2.24) is 14.6 Å². The van der Waals surface area contributed by atoms with Crippen molar-refractivity contribution >= 4 is 29.1 Å². The summed E-state index contributed by atoms with van der Waals surface area (Å²) >= 11 is 1.02. The van der Waals surface area contributed by atoms with E-state index < -0.39 is 5.97 Å². The van der Waals surface area contributed by atoms with Gasteiger partial charge in [0, 0.05) is 6.20 Å².